The third-order valence-electron chi connectivity index (χ3n) is 3.84. The van der Waals surface area contributed by atoms with Crippen LogP contribution in [0.4, 0.5) is 0 Å². The van der Waals surface area contributed by atoms with Crippen LogP contribution < -0.4 is 5.32 Å². The Bertz CT molecular complexity index is 397. The Hall–Kier alpha value is 0.0600. The molecular weight excluding hydrogens is 322 g/mol. The molecule has 2 rings (SSSR count). The number of nitrogens with one attached hydrogen (secondary N) is 1. The van der Waals surface area contributed by atoms with Crippen molar-refractivity contribution in [1.29, 1.82) is 0 Å². The van der Waals surface area contributed by atoms with Crippen LogP contribution in [0.1, 0.15) is 18.7 Å². The number of thiophene rings is 1. The minimum Gasteiger partial charge on any atom is -0.310 e. The molecule has 0 radical (unpaired) electrons. The van der Waals surface area contributed by atoms with Crippen LogP contribution in [-0.2, 0) is 6.54 Å². The third kappa shape index (κ3) is 4.53. The van der Waals surface area contributed by atoms with Gasteiger partial charge in [-0.05, 0) is 42.9 Å². The van der Waals surface area contributed by atoms with Gasteiger partial charge >= 0.3 is 0 Å². The van der Waals surface area contributed by atoms with Crippen molar-refractivity contribution >= 4 is 27.3 Å². The van der Waals surface area contributed by atoms with E-state index in [2.05, 4.69) is 63.4 Å². The number of likely N-dealkylation sites (N-methyl/N-ethyl adjacent to an activating group) is 1. The van der Waals surface area contributed by atoms with Crippen LogP contribution in [0.2, 0.25) is 0 Å². The van der Waals surface area contributed by atoms with Crippen LogP contribution in [0.25, 0.3) is 0 Å². The van der Waals surface area contributed by atoms with Gasteiger partial charge in [0.05, 0.1) is 0 Å². The molecule has 0 atom stereocenters. The van der Waals surface area contributed by atoms with E-state index in [1.807, 2.05) is 0 Å². The molecule has 1 aliphatic heterocycles. The Morgan fingerprint density at radius 3 is 2.58 bits per heavy atom. The highest BCUT2D eigenvalue weighted by Gasteiger charge is 2.28. The van der Waals surface area contributed by atoms with Crippen LogP contribution in [0.5, 0.6) is 0 Å². The van der Waals surface area contributed by atoms with Crippen LogP contribution >= 0.6 is 27.3 Å². The van der Waals surface area contributed by atoms with Gasteiger partial charge in [-0.2, -0.15) is 0 Å². The van der Waals surface area contributed by atoms with E-state index in [0.29, 0.717) is 0 Å². The molecule has 19 heavy (non-hydrogen) atoms. The molecule has 1 aromatic rings. The van der Waals surface area contributed by atoms with Crippen molar-refractivity contribution in [2.24, 2.45) is 0 Å². The molecule has 1 aromatic heterocycles. The second kappa shape index (κ2) is 6.68. The molecule has 0 amide bonds. The standard InChI is InChI=1S/C14H24BrN3S/c1-14(2,18-6-4-17(3)5-7-18)11-16-9-13-8-12(15)10-19-13/h8,10,16H,4-7,9,11H2,1-3H3. The molecule has 1 N–H and O–H groups in total. The fourth-order valence-electron chi connectivity index (χ4n) is 2.46. The van der Waals surface area contributed by atoms with Crippen LogP contribution in [0, 0.1) is 0 Å². The van der Waals surface area contributed by atoms with E-state index < -0.39 is 0 Å². The highest BCUT2D eigenvalue weighted by Crippen LogP contribution is 2.20. The maximum absolute atomic E-state index is 3.60. The Balaban J connectivity index is 1.77. The molecule has 0 spiro atoms. The average molecular weight is 346 g/mol. The summed E-state index contributed by atoms with van der Waals surface area (Å²) in [6.07, 6.45) is 0. The van der Waals surface area contributed by atoms with Crippen molar-refractivity contribution in [3.8, 4) is 0 Å². The van der Waals surface area contributed by atoms with E-state index in [0.717, 1.165) is 13.1 Å². The summed E-state index contributed by atoms with van der Waals surface area (Å²) in [5.41, 5.74) is 0.232. The fourth-order valence-corrected chi connectivity index (χ4v) is 3.88. The molecule has 1 aliphatic rings. The van der Waals surface area contributed by atoms with Crippen LogP contribution in [0.15, 0.2) is 15.9 Å². The van der Waals surface area contributed by atoms with E-state index in [1.165, 1.54) is 35.5 Å². The Morgan fingerprint density at radius 1 is 1.32 bits per heavy atom. The quantitative estimate of drug-likeness (QED) is 0.884. The van der Waals surface area contributed by atoms with Crippen molar-refractivity contribution in [2.45, 2.75) is 25.9 Å². The monoisotopic (exact) mass is 345 g/mol. The normalized spacial score (nSPS) is 18.9. The number of piperazine rings is 1. The highest BCUT2D eigenvalue weighted by atomic mass is 79.9. The number of hydrogen-bond acceptors (Lipinski definition) is 4. The zero-order valence-corrected chi connectivity index (χ0v) is 14.5. The second-order valence-corrected chi connectivity index (χ2v) is 7.85. The zero-order chi connectivity index (χ0) is 13.9. The minimum absolute atomic E-state index is 0.232. The summed E-state index contributed by atoms with van der Waals surface area (Å²) in [5.74, 6) is 0. The van der Waals surface area contributed by atoms with E-state index in [9.17, 15) is 0 Å². The van der Waals surface area contributed by atoms with E-state index in [1.54, 1.807) is 11.3 Å². The third-order valence-corrected chi connectivity index (χ3v) is 5.54. The van der Waals surface area contributed by atoms with Gasteiger partial charge < -0.3 is 10.2 Å². The lowest BCUT2D eigenvalue weighted by molar-refractivity contribution is 0.0618. The summed E-state index contributed by atoms with van der Waals surface area (Å²) >= 11 is 5.31. The van der Waals surface area contributed by atoms with E-state index in [4.69, 9.17) is 0 Å². The predicted octanol–water partition coefficient (Wildman–Crippen LogP) is 2.63. The molecule has 1 fully saturated rings. The molecular formula is C14H24BrN3S. The Labute approximate surface area is 129 Å². The maximum Gasteiger partial charge on any atom is 0.0300 e. The van der Waals surface area contributed by atoms with E-state index in [-0.39, 0.29) is 5.54 Å². The lowest BCUT2D eigenvalue weighted by atomic mass is 10.0. The summed E-state index contributed by atoms with van der Waals surface area (Å²) in [4.78, 5) is 6.40. The molecule has 0 unspecified atom stereocenters. The summed E-state index contributed by atoms with van der Waals surface area (Å²) in [7, 11) is 2.21. The fraction of sp³-hybridized carbons (Fsp3) is 0.714. The molecule has 2 heterocycles. The summed E-state index contributed by atoms with van der Waals surface area (Å²) < 4.78 is 1.19. The lowest BCUT2D eigenvalue weighted by Crippen LogP contribution is -2.57. The first-order valence-electron chi connectivity index (χ1n) is 6.84. The van der Waals surface area contributed by atoms with Crippen molar-refractivity contribution in [3.63, 3.8) is 0 Å². The topological polar surface area (TPSA) is 18.5 Å². The number of rotatable bonds is 5. The second-order valence-electron chi connectivity index (χ2n) is 5.94. The average Bonchev–Trinajstić information content (AvgIpc) is 2.75. The molecule has 0 saturated carbocycles. The van der Waals surface area contributed by atoms with Gasteiger partial charge in [-0.25, -0.2) is 0 Å². The molecule has 1 saturated heterocycles. The first-order chi connectivity index (χ1) is 8.97. The molecule has 0 aliphatic carbocycles. The van der Waals surface area contributed by atoms with Gasteiger partial charge in [-0.1, -0.05) is 0 Å². The lowest BCUT2D eigenvalue weighted by Gasteiger charge is -2.43. The van der Waals surface area contributed by atoms with Gasteiger partial charge in [-0.15, -0.1) is 11.3 Å². The first-order valence-corrected chi connectivity index (χ1v) is 8.52. The highest BCUT2D eigenvalue weighted by molar-refractivity contribution is 9.10. The zero-order valence-electron chi connectivity index (χ0n) is 12.1. The van der Waals surface area contributed by atoms with Gasteiger partial charge in [0.25, 0.3) is 0 Å². The molecule has 5 heteroatoms. The van der Waals surface area contributed by atoms with Gasteiger partial charge in [0.15, 0.2) is 0 Å². The van der Waals surface area contributed by atoms with Crippen molar-refractivity contribution in [2.75, 3.05) is 39.8 Å². The van der Waals surface area contributed by atoms with Crippen molar-refractivity contribution in [3.05, 3.63) is 20.8 Å². The largest absolute Gasteiger partial charge is 0.310 e. The molecule has 3 nitrogen and oxygen atoms in total. The summed E-state index contributed by atoms with van der Waals surface area (Å²) in [6, 6.07) is 2.19. The van der Waals surface area contributed by atoms with Crippen molar-refractivity contribution in [1.82, 2.24) is 15.1 Å². The first kappa shape index (κ1) is 15.4. The number of hydrogen-bond donors (Lipinski definition) is 1. The molecule has 0 aromatic carbocycles. The minimum atomic E-state index is 0.232. The van der Waals surface area contributed by atoms with Crippen molar-refractivity contribution < 1.29 is 0 Å². The maximum atomic E-state index is 3.60. The number of halogens is 1. The number of nitrogens with zero attached hydrogens (tertiary/aromatic N) is 2. The van der Waals surface area contributed by atoms with E-state index >= 15 is 0 Å². The van der Waals surface area contributed by atoms with Crippen LogP contribution in [0.3, 0.4) is 0 Å². The van der Waals surface area contributed by atoms with Gasteiger partial charge in [0, 0.05) is 59.5 Å². The summed E-state index contributed by atoms with van der Waals surface area (Å²) in [5, 5.41) is 5.74. The smallest absolute Gasteiger partial charge is 0.0300 e. The predicted molar refractivity (Wildman–Crippen MR) is 86.9 cm³/mol. The van der Waals surface area contributed by atoms with Crippen LogP contribution in [-0.4, -0.2) is 55.1 Å². The van der Waals surface area contributed by atoms with Gasteiger partial charge in [0.1, 0.15) is 0 Å². The Kier molecular flexibility index (Phi) is 5.43. The SMILES string of the molecule is CN1CCN(C(C)(C)CNCc2cc(Br)cs2)CC1. The summed E-state index contributed by atoms with van der Waals surface area (Å²) in [6.45, 7) is 11.4. The molecule has 0 bridgehead atoms. The Morgan fingerprint density at radius 2 is 2.00 bits per heavy atom. The molecule has 108 valence electrons. The van der Waals surface area contributed by atoms with Gasteiger partial charge in [-0.3, -0.25) is 4.90 Å². The van der Waals surface area contributed by atoms with Gasteiger partial charge in [0.2, 0.25) is 0 Å².